The molecule has 1 aromatic heterocycles. The van der Waals surface area contributed by atoms with Gasteiger partial charge in [-0.25, -0.2) is 4.79 Å². The summed E-state index contributed by atoms with van der Waals surface area (Å²) < 4.78 is 12.0. The lowest BCUT2D eigenvalue weighted by atomic mass is 10.1. The van der Waals surface area contributed by atoms with Crippen LogP contribution in [0.5, 0.6) is 11.5 Å². The van der Waals surface area contributed by atoms with E-state index in [-0.39, 0.29) is 17.7 Å². The molecule has 1 fully saturated rings. The highest BCUT2D eigenvalue weighted by Gasteiger charge is 2.45. The van der Waals surface area contributed by atoms with Crippen LogP contribution >= 0.6 is 0 Å². The maximum atomic E-state index is 12.6. The van der Waals surface area contributed by atoms with Crippen molar-refractivity contribution in [3.8, 4) is 11.5 Å². The molecule has 1 heterocycles. The smallest absolute Gasteiger partial charge is 0.331 e. The highest BCUT2D eigenvalue weighted by atomic mass is 16.5. The van der Waals surface area contributed by atoms with Gasteiger partial charge in [0, 0.05) is 23.6 Å². The molecule has 3 rings (SSSR count). The van der Waals surface area contributed by atoms with Crippen LogP contribution in [-0.2, 0) is 15.1 Å². The molecule has 0 radical (unpaired) electrons. The Balaban J connectivity index is 1.70. The van der Waals surface area contributed by atoms with E-state index in [2.05, 4.69) is 10.4 Å². The second-order valence-corrected chi connectivity index (χ2v) is 7.08. The van der Waals surface area contributed by atoms with Crippen LogP contribution in [-0.4, -0.2) is 41.0 Å². The summed E-state index contributed by atoms with van der Waals surface area (Å²) in [6.07, 6.45) is 3.69. The van der Waals surface area contributed by atoms with E-state index < -0.39 is 11.5 Å². The van der Waals surface area contributed by atoms with Crippen LogP contribution in [0.3, 0.4) is 0 Å². The molecule has 2 aromatic rings. The molecule has 0 bridgehead atoms. The van der Waals surface area contributed by atoms with Crippen molar-refractivity contribution in [2.24, 2.45) is 5.92 Å². The van der Waals surface area contributed by atoms with Crippen LogP contribution < -0.4 is 14.8 Å². The zero-order valence-corrected chi connectivity index (χ0v) is 15.7. The topological polar surface area (TPSA) is 103 Å². The largest absolute Gasteiger partial charge is 0.497 e. The third-order valence-electron chi connectivity index (χ3n) is 4.91. The monoisotopic (exact) mass is 373 g/mol. The molecule has 8 heteroatoms. The minimum absolute atomic E-state index is 0.0561. The molecule has 2 unspecified atom stereocenters. The number of carboxylic acid groups (broad SMARTS) is 1. The van der Waals surface area contributed by atoms with E-state index in [4.69, 9.17) is 9.47 Å². The molecule has 1 amide bonds. The Hall–Kier alpha value is -3.03. The average molecular weight is 373 g/mol. The summed E-state index contributed by atoms with van der Waals surface area (Å²) in [4.78, 5) is 23.9. The van der Waals surface area contributed by atoms with Gasteiger partial charge >= 0.3 is 5.97 Å². The molecule has 0 aliphatic heterocycles. The number of ether oxygens (including phenoxy) is 2. The standard InChI is InChI=1S/C19H23N3O5/c1-19(2,18(24)25)22-10-11(9-20-22)21-17(23)15-8-13(15)14-7-12(26-3)5-6-16(14)27-4/h5-7,9-10,13,15H,8H2,1-4H3,(H,21,23)(H,24,25). The fraction of sp³-hybridized carbons (Fsp3) is 0.421. The molecule has 2 N–H and O–H groups in total. The molecule has 1 aliphatic rings. The Labute approximate surface area is 157 Å². The maximum Gasteiger partial charge on any atom is 0.331 e. The maximum absolute atomic E-state index is 12.6. The first kappa shape index (κ1) is 18.8. The molecule has 8 nitrogen and oxygen atoms in total. The minimum atomic E-state index is -1.20. The fourth-order valence-electron chi connectivity index (χ4n) is 2.98. The predicted molar refractivity (Wildman–Crippen MR) is 98.2 cm³/mol. The second kappa shape index (κ2) is 6.94. The molecule has 2 atom stereocenters. The number of amides is 1. The number of anilines is 1. The van der Waals surface area contributed by atoms with Gasteiger partial charge < -0.3 is 19.9 Å². The van der Waals surface area contributed by atoms with Crippen LogP contribution in [0, 0.1) is 5.92 Å². The molecule has 0 spiro atoms. The number of aromatic nitrogens is 2. The van der Waals surface area contributed by atoms with E-state index in [0.717, 1.165) is 11.3 Å². The summed E-state index contributed by atoms with van der Waals surface area (Å²) in [5.41, 5.74) is 0.219. The summed E-state index contributed by atoms with van der Waals surface area (Å²) in [6, 6.07) is 5.54. The molecule has 144 valence electrons. The Kier molecular flexibility index (Phi) is 4.82. The number of nitrogens with one attached hydrogen (secondary N) is 1. The first-order valence-electron chi connectivity index (χ1n) is 8.59. The number of nitrogens with zero attached hydrogens (tertiary/aromatic N) is 2. The molecular weight excluding hydrogens is 350 g/mol. The highest BCUT2D eigenvalue weighted by Crippen LogP contribution is 2.51. The summed E-state index contributed by atoms with van der Waals surface area (Å²) >= 11 is 0. The van der Waals surface area contributed by atoms with E-state index in [1.54, 1.807) is 28.1 Å². The van der Waals surface area contributed by atoms with E-state index in [9.17, 15) is 14.7 Å². The lowest BCUT2D eigenvalue weighted by Crippen LogP contribution is -2.35. The van der Waals surface area contributed by atoms with Crippen molar-refractivity contribution < 1.29 is 24.2 Å². The third kappa shape index (κ3) is 3.60. The normalized spacial score (nSPS) is 18.7. The van der Waals surface area contributed by atoms with Crippen LogP contribution in [0.4, 0.5) is 5.69 Å². The van der Waals surface area contributed by atoms with Gasteiger partial charge in [-0.15, -0.1) is 0 Å². The van der Waals surface area contributed by atoms with Crippen LogP contribution in [0.15, 0.2) is 30.6 Å². The van der Waals surface area contributed by atoms with Crippen LogP contribution in [0.2, 0.25) is 0 Å². The quantitative estimate of drug-likeness (QED) is 0.773. The van der Waals surface area contributed by atoms with E-state index >= 15 is 0 Å². The average Bonchev–Trinajstić information content (AvgIpc) is 3.31. The van der Waals surface area contributed by atoms with Crippen molar-refractivity contribution >= 4 is 17.6 Å². The van der Waals surface area contributed by atoms with Crippen molar-refractivity contribution in [3.63, 3.8) is 0 Å². The van der Waals surface area contributed by atoms with Crippen LogP contribution in [0.1, 0.15) is 31.7 Å². The first-order valence-corrected chi connectivity index (χ1v) is 8.59. The Morgan fingerprint density at radius 2 is 2.04 bits per heavy atom. The van der Waals surface area contributed by atoms with Crippen molar-refractivity contribution in [1.82, 2.24) is 9.78 Å². The number of hydrogen-bond acceptors (Lipinski definition) is 5. The van der Waals surface area contributed by atoms with Gasteiger partial charge in [0.15, 0.2) is 5.54 Å². The van der Waals surface area contributed by atoms with E-state index in [1.165, 1.54) is 17.1 Å². The number of benzene rings is 1. The van der Waals surface area contributed by atoms with Gasteiger partial charge in [0.2, 0.25) is 5.91 Å². The SMILES string of the molecule is COc1ccc(OC)c(C2CC2C(=O)Nc2cnn(C(C)(C)C(=O)O)c2)c1. The molecule has 0 saturated heterocycles. The zero-order chi connectivity index (χ0) is 19.8. The third-order valence-corrected chi connectivity index (χ3v) is 4.91. The van der Waals surface area contributed by atoms with Gasteiger partial charge in [0.05, 0.1) is 26.1 Å². The van der Waals surface area contributed by atoms with Gasteiger partial charge in [0.1, 0.15) is 11.5 Å². The summed E-state index contributed by atoms with van der Waals surface area (Å²) in [7, 11) is 3.19. The highest BCUT2D eigenvalue weighted by molar-refractivity contribution is 5.95. The van der Waals surface area contributed by atoms with Crippen molar-refractivity contribution in [1.29, 1.82) is 0 Å². The zero-order valence-electron chi connectivity index (χ0n) is 15.7. The number of aliphatic carboxylic acids is 1. The molecular formula is C19H23N3O5. The van der Waals surface area contributed by atoms with Gasteiger partial charge in [-0.05, 0) is 38.5 Å². The Morgan fingerprint density at radius 3 is 2.67 bits per heavy atom. The summed E-state index contributed by atoms with van der Waals surface area (Å²) in [5, 5.41) is 16.1. The lowest BCUT2D eigenvalue weighted by Gasteiger charge is -2.19. The van der Waals surface area contributed by atoms with Crippen molar-refractivity contribution in [2.45, 2.75) is 31.7 Å². The van der Waals surface area contributed by atoms with Gasteiger partial charge in [-0.2, -0.15) is 5.10 Å². The number of carboxylic acids is 1. The number of methoxy groups -OCH3 is 2. The Bertz CT molecular complexity index is 874. The molecule has 1 aromatic carbocycles. The number of carbonyl (C=O) groups is 2. The molecule has 27 heavy (non-hydrogen) atoms. The van der Waals surface area contributed by atoms with E-state index in [0.29, 0.717) is 17.9 Å². The number of hydrogen-bond donors (Lipinski definition) is 2. The van der Waals surface area contributed by atoms with Gasteiger partial charge in [-0.1, -0.05) is 0 Å². The lowest BCUT2D eigenvalue weighted by molar-refractivity contribution is -0.146. The van der Waals surface area contributed by atoms with Crippen LogP contribution in [0.25, 0.3) is 0 Å². The Morgan fingerprint density at radius 1 is 1.30 bits per heavy atom. The first-order chi connectivity index (χ1) is 12.8. The molecule has 1 aliphatic carbocycles. The molecule has 1 saturated carbocycles. The summed E-state index contributed by atoms with van der Waals surface area (Å²) in [5.74, 6) is 0.192. The predicted octanol–water partition coefficient (Wildman–Crippen LogP) is 2.46. The summed E-state index contributed by atoms with van der Waals surface area (Å²) in [6.45, 7) is 3.08. The second-order valence-electron chi connectivity index (χ2n) is 7.08. The van der Waals surface area contributed by atoms with Gasteiger partial charge in [-0.3, -0.25) is 9.48 Å². The number of carbonyl (C=O) groups excluding carboxylic acids is 1. The minimum Gasteiger partial charge on any atom is -0.497 e. The van der Waals surface area contributed by atoms with E-state index in [1.807, 2.05) is 18.2 Å². The fourth-order valence-corrected chi connectivity index (χ4v) is 2.98. The van der Waals surface area contributed by atoms with Crippen molar-refractivity contribution in [3.05, 3.63) is 36.2 Å². The van der Waals surface area contributed by atoms with Gasteiger partial charge in [0.25, 0.3) is 0 Å². The number of rotatable bonds is 7. The van der Waals surface area contributed by atoms with Crippen molar-refractivity contribution in [2.75, 3.05) is 19.5 Å².